The van der Waals surface area contributed by atoms with Crippen LogP contribution >= 0.6 is 0 Å². The lowest BCUT2D eigenvalue weighted by molar-refractivity contribution is 0.130. The highest BCUT2D eigenvalue weighted by atomic mass is 16.5. The smallest absolute Gasteiger partial charge is 0.240 e. The molecular weight excluding hydrogens is 206 g/mol. The van der Waals surface area contributed by atoms with E-state index in [1.807, 2.05) is 6.92 Å². The number of aliphatic hydroxyl groups is 1. The maximum atomic E-state index is 9.07. The second-order valence-electron chi connectivity index (χ2n) is 4.37. The Balaban J connectivity index is 1.96. The van der Waals surface area contributed by atoms with Crippen molar-refractivity contribution >= 4 is 0 Å². The van der Waals surface area contributed by atoms with Gasteiger partial charge in [-0.2, -0.15) is 4.98 Å². The summed E-state index contributed by atoms with van der Waals surface area (Å²) >= 11 is 0. The molecule has 16 heavy (non-hydrogen) atoms. The number of nitrogens with zero attached hydrogens (tertiary/aromatic N) is 3. The van der Waals surface area contributed by atoms with Crippen molar-refractivity contribution in [1.29, 1.82) is 0 Å². The normalized spacial score (nSPS) is 17.4. The minimum atomic E-state index is 0.184. The van der Waals surface area contributed by atoms with E-state index in [1.54, 1.807) is 0 Å². The Morgan fingerprint density at radius 1 is 1.44 bits per heavy atom. The summed E-state index contributed by atoms with van der Waals surface area (Å²) < 4.78 is 5.12. The molecule has 0 saturated heterocycles. The van der Waals surface area contributed by atoms with Gasteiger partial charge in [-0.25, -0.2) is 0 Å². The van der Waals surface area contributed by atoms with Gasteiger partial charge in [-0.3, -0.25) is 4.90 Å². The molecule has 0 atom stereocenters. The molecular formula is C11H19N3O2. The van der Waals surface area contributed by atoms with Crippen molar-refractivity contribution in [2.75, 3.05) is 13.2 Å². The summed E-state index contributed by atoms with van der Waals surface area (Å²) in [6.07, 6.45) is 5.01. The molecule has 0 amide bonds. The van der Waals surface area contributed by atoms with Crippen LogP contribution in [0.2, 0.25) is 0 Å². The number of aromatic nitrogens is 2. The lowest BCUT2D eigenvalue weighted by Gasteiger charge is -2.26. The summed E-state index contributed by atoms with van der Waals surface area (Å²) in [5.74, 6) is 1.32. The van der Waals surface area contributed by atoms with Crippen LogP contribution in [-0.2, 0) is 6.54 Å². The van der Waals surface area contributed by atoms with Crippen LogP contribution < -0.4 is 0 Å². The zero-order valence-corrected chi connectivity index (χ0v) is 9.72. The van der Waals surface area contributed by atoms with Gasteiger partial charge in [-0.15, -0.1) is 0 Å². The average molecular weight is 225 g/mol. The molecule has 1 aliphatic rings. The fraction of sp³-hybridized carbons (Fsp3) is 0.818. The first-order valence-electron chi connectivity index (χ1n) is 5.93. The summed E-state index contributed by atoms with van der Waals surface area (Å²) in [6.45, 7) is 3.35. The first-order chi connectivity index (χ1) is 7.79. The van der Waals surface area contributed by atoms with Gasteiger partial charge < -0.3 is 9.63 Å². The molecule has 0 aromatic carbocycles. The van der Waals surface area contributed by atoms with Gasteiger partial charge in [0.05, 0.1) is 13.2 Å². The molecule has 90 valence electrons. The lowest BCUT2D eigenvalue weighted by atomic mass is 10.2. The van der Waals surface area contributed by atoms with Gasteiger partial charge in [0.2, 0.25) is 5.89 Å². The molecule has 2 rings (SSSR count). The van der Waals surface area contributed by atoms with Crippen LogP contribution in [-0.4, -0.2) is 39.3 Å². The van der Waals surface area contributed by atoms with Crippen LogP contribution in [0.4, 0.5) is 0 Å². The highest BCUT2D eigenvalue weighted by molar-refractivity contribution is 4.86. The van der Waals surface area contributed by atoms with Gasteiger partial charge in [-0.1, -0.05) is 18.0 Å². The minimum Gasteiger partial charge on any atom is -0.395 e. The lowest BCUT2D eigenvalue weighted by Crippen LogP contribution is -2.35. The molecule has 1 N–H and O–H groups in total. The predicted octanol–water partition coefficient (Wildman–Crippen LogP) is 1.11. The Hall–Kier alpha value is -0.940. The maximum absolute atomic E-state index is 9.07. The number of aliphatic hydroxyl groups excluding tert-OH is 1. The zero-order valence-electron chi connectivity index (χ0n) is 9.72. The highest BCUT2D eigenvalue weighted by Gasteiger charge is 2.23. The van der Waals surface area contributed by atoms with Gasteiger partial charge in [-0.05, 0) is 19.8 Å². The molecule has 1 aliphatic carbocycles. The number of aryl methyl sites for hydroxylation is 1. The zero-order chi connectivity index (χ0) is 11.4. The van der Waals surface area contributed by atoms with Crippen LogP contribution in [0.3, 0.4) is 0 Å². The minimum absolute atomic E-state index is 0.184. The van der Waals surface area contributed by atoms with E-state index in [0.717, 1.165) is 0 Å². The quantitative estimate of drug-likeness (QED) is 0.813. The largest absolute Gasteiger partial charge is 0.395 e. The Bertz CT molecular complexity index is 321. The summed E-state index contributed by atoms with van der Waals surface area (Å²) in [4.78, 5) is 6.45. The van der Waals surface area contributed by atoms with E-state index in [9.17, 15) is 0 Å². The molecule has 0 spiro atoms. The summed E-state index contributed by atoms with van der Waals surface area (Å²) in [5.41, 5.74) is 0. The summed E-state index contributed by atoms with van der Waals surface area (Å²) in [7, 11) is 0. The van der Waals surface area contributed by atoms with E-state index in [0.29, 0.717) is 30.8 Å². The van der Waals surface area contributed by atoms with Gasteiger partial charge in [0.1, 0.15) is 0 Å². The molecule has 1 saturated carbocycles. The summed E-state index contributed by atoms with van der Waals surface area (Å²) in [6, 6.07) is 0.569. The fourth-order valence-electron chi connectivity index (χ4n) is 2.37. The van der Waals surface area contributed by atoms with Crippen molar-refractivity contribution < 1.29 is 9.63 Å². The van der Waals surface area contributed by atoms with Crippen molar-refractivity contribution in [2.45, 2.75) is 45.2 Å². The second-order valence-corrected chi connectivity index (χ2v) is 4.37. The third-order valence-corrected chi connectivity index (χ3v) is 3.14. The summed E-state index contributed by atoms with van der Waals surface area (Å²) in [5, 5.41) is 12.9. The average Bonchev–Trinajstić information content (AvgIpc) is 2.88. The maximum Gasteiger partial charge on any atom is 0.240 e. The van der Waals surface area contributed by atoms with E-state index in [-0.39, 0.29) is 6.61 Å². The van der Waals surface area contributed by atoms with Crippen LogP contribution in [0.1, 0.15) is 37.4 Å². The molecule has 0 bridgehead atoms. The Morgan fingerprint density at radius 3 is 2.75 bits per heavy atom. The SMILES string of the molecule is Cc1noc(CN(CCO)C2CCCC2)n1. The Morgan fingerprint density at radius 2 is 2.19 bits per heavy atom. The van der Waals surface area contributed by atoms with Gasteiger partial charge in [0.25, 0.3) is 0 Å². The molecule has 5 nitrogen and oxygen atoms in total. The standard InChI is InChI=1S/C11H19N3O2/c1-9-12-11(16-13-9)8-14(6-7-15)10-4-2-3-5-10/h10,15H,2-8H2,1H3. The van der Waals surface area contributed by atoms with Crippen molar-refractivity contribution in [2.24, 2.45) is 0 Å². The van der Waals surface area contributed by atoms with Crippen LogP contribution in [0, 0.1) is 6.92 Å². The molecule has 5 heteroatoms. The predicted molar refractivity (Wildman–Crippen MR) is 58.8 cm³/mol. The van der Waals surface area contributed by atoms with Gasteiger partial charge in [0.15, 0.2) is 5.82 Å². The second kappa shape index (κ2) is 5.41. The number of hydrogen-bond acceptors (Lipinski definition) is 5. The molecule has 0 radical (unpaired) electrons. The topological polar surface area (TPSA) is 62.4 Å². The van der Waals surface area contributed by atoms with E-state index in [4.69, 9.17) is 9.63 Å². The molecule has 0 unspecified atom stereocenters. The highest BCUT2D eigenvalue weighted by Crippen LogP contribution is 2.24. The molecule has 1 aromatic rings. The Kier molecular flexibility index (Phi) is 3.90. The van der Waals surface area contributed by atoms with Crippen molar-refractivity contribution in [3.63, 3.8) is 0 Å². The first kappa shape index (κ1) is 11.5. The molecule has 1 heterocycles. The Labute approximate surface area is 95.4 Å². The molecule has 1 aromatic heterocycles. The van der Waals surface area contributed by atoms with Crippen LogP contribution in [0.25, 0.3) is 0 Å². The van der Waals surface area contributed by atoms with Crippen molar-refractivity contribution in [3.8, 4) is 0 Å². The molecule has 0 aliphatic heterocycles. The number of hydrogen-bond donors (Lipinski definition) is 1. The van der Waals surface area contributed by atoms with E-state index >= 15 is 0 Å². The van der Waals surface area contributed by atoms with E-state index in [1.165, 1.54) is 25.7 Å². The molecule has 1 fully saturated rings. The van der Waals surface area contributed by atoms with Crippen molar-refractivity contribution in [3.05, 3.63) is 11.7 Å². The van der Waals surface area contributed by atoms with Crippen LogP contribution in [0.5, 0.6) is 0 Å². The number of rotatable bonds is 5. The van der Waals surface area contributed by atoms with Crippen molar-refractivity contribution in [1.82, 2.24) is 15.0 Å². The first-order valence-corrected chi connectivity index (χ1v) is 5.93. The van der Waals surface area contributed by atoms with Gasteiger partial charge >= 0.3 is 0 Å². The van der Waals surface area contributed by atoms with Crippen LogP contribution in [0.15, 0.2) is 4.52 Å². The fourth-order valence-corrected chi connectivity index (χ4v) is 2.37. The third kappa shape index (κ3) is 2.80. The van der Waals surface area contributed by atoms with E-state index in [2.05, 4.69) is 15.0 Å². The van der Waals surface area contributed by atoms with Gasteiger partial charge in [0, 0.05) is 12.6 Å². The third-order valence-electron chi connectivity index (χ3n) is 3.14. The monoisotopic (exact) mass is 225 g/mol. The van der Waals surface area contributed by atoms with E-state index < -0.39 is 0 Å².